The Morgan fingerprint density at radius 2 is 2.11 bits per heavy atom. The number of aryl methyl sites for hydroxylation is 1. The van der Waals surface area contributed by atoms with Gasteiger partial charge in [-0.2, -0.15) is 0 Å². The van der Waals surface area contributed by atoms with Crippen molar-refractivity contribution >= 4 is 33.3 Å². The van der Waals surface area contributed by atoms with Gasteiger partial charge in [-0.25, -0.2) is 9.97 Å². The van der Waals surface area contributed by atoms with Crippen LogP contribution in [0.3, 0.4) is 0 Å². The summed E-state index contributed by atoms with van der Waals surface area (Å²) in [4.78, 5) is 8.98. The van der Waals surface area contributed by atoms with Crippen LogP contribution < -0.4 is 5.32 Å². The van der Waals surface area contributed by atoms with Crippen molar-refractivity contribution in [2.24, 2.45) is 0 Å². The summed E-state index contributed by atoms with van der Waals surface area (Å²) in [5.41, 5.74) is 1.81. The van der Waals surface area contributed by atoms with E-state index in [4.69, 9.17) is 11.6 Å². The van der Waals surface area contributed by atoms with E-state index < -0.39 is 0 Å². The number of rotatable bonds is 3. The average molecular weight is 327 g/mol. The molecule has 2 aromatic rings. The second-order valence-corrected chi connectivity index (χ2v) is 5.07. The number of halogens is 2. The number of hydrogen-bond donors (Lipinski definition) is 1. The Hall–Kier alpha value is -1.13. The SMILES string of the molecule is CCNc1nc(-c2cccc(Cl)c2)nc(C)c1Br. The fourth-order valence-electron chi connectivity index (χ4n) is 1.60. The molecule has 3 nitrogen and oxygen atoms in total. The van der Waals surface area contributed by atoms with E-state index in [1.54, 1.807) is 0 Å². The molecule has 0 amide bonds. The molecule has 0 aliphatic rings. The molecular formula is C13H13BrClN3. The Morgan fingerprint density at radius 3 is 2.78 bits per heavy atom. The molecule has 1 aromatic heterocycles. The molecule has 2 rings (SSSR count). The first kappa shape index (κ1) is 13.3. The maximum Gasteiger partial charge on any atom is 0.161 e. The molecule has 0 fully saturated rings. The van der Waals surface area contributed by atoms with Gasteiger partial charge in [-0.15, -0.1) is 0 Å². The van der Waals surface area contributed by atoms with Gasteiger partial charge in [-0.1, -0.05) is 23.7 Å². The smallest absolute Gasteiger partial charge is 0.161 e. The van der Waals surface area contributed by atoms with Gasteiger partial charge in [0.15, 0.2) is 5.82 Å². The van der Waals surface area contributed by atoms with Crippen molar-refractivity contribution in [3.05, 3.63) is 39.5 Å². The van der Waals surface area contributed by atoms with Gasteiger partial charge in [-0.05, 0) is 41.9 Å². The van der Waals surface area contributed by atoms with Gasteiger partial charge < -0.3 is 5.32 Å². The minimum atomic E-state index is 0.675. The van der Waals surface area contributed by atoms with Crippen LogP contribution in [0.15, 0.2) is 28.7 Å². The van der Waals surface area contributed by atoms with E-state index in [2.05, 4.69) is 31.2 Å². The van der Waals surface area contributed by atoms with Gasteiger partial charge >= 0.3 is 0 Å². The second kappa shape index (κ2) is 5.67. The molecule has 0 radical (unpaired) electrons. The number of nitrogens with zero attached hydrogens (tertiary/aromatic N) is 2. The fourth-order valence-corrected chi connectivity index (χ4v) is 2.11. The number of nitrogens with one attached hydrogen (secondary N) is 1. The van der Waals surface area contributed by atoms with Gasteiger partial charge in [0.05, 0.1) is 10.2 Å². The Balaban J connectivity index is 2.51. The first-order chi connectivity index (χ1) is 8.61. The van der Waals surface area contributed by atoms with E-state index in [-0.39, 0.29) is 0 Å². The molecule has 1 aromatic carbocycles. The first-order valence-electron chi connectivity index (χ1n) is 5.65. The molecule has 0 spiro atoms. The standard InChI is InChI=1S/C13H13BrClN3/c1-3-16-13-11(14)8(2)17-12(18-13)9-5-4-6-10(15)7-9/h4-7H,3H2,1-2H3,(H,16,17,18). The highest BCUT2D eigenvalue weighted by atomic mass is 79.9. The molecule has 1 N–H and O–H groups in total. The molecule has 5 heteroatoms. The summed E-state index contributed by atoms with van der Waals surface area (Å²) in [7, 11) is 0. The molecule has 0 saturated carbocycles. The van der Waals surface area contributed by atoms with E-state index in [9.17, 15) is 0 Å². The van der Waals surface area contributed by atoms with Crippen molar-refractivity contribution in [1.29, 1.82) is 0 Å². The predicted octanol–water partition coefficient (Wildman–Crippen LogP) is 4.30. The van der Waals surface area contributed by atoms with E-state index in [1.165, 1.54) is 0 Å². The summed E-state index contributed by atoms with van der Waals surface area (Å²) in [5, 5.41) is 3.89. The van der Waals surface area contributed by atoms with E-state index in [1.807, 2.05) is 38.1 Å². The van der Waals surface area contributed by atoms with Crippen molar-refractivity contribution in [2.45, 2.75) is 13.8 Å². The summed E-state index contributed by atoms with van der Waals surface area (Å²) in [5.74, 6) is 1.48. The van der Waals surface area contributed by atoms with Crippen LogP contribution in [-0.2, 0) is 0 Å². The topological polar surface area (TPSA) is 37.8 Å². The third-order valence-corrected chi connectivity index (χ3v) is 3.63. The van der Waals surface area contributed by atoms with Crippen LogP contribution in [0.4, 0.5) is 5.82 Å². The largest absolute Gasteiger partial charge is 0.369 e. The highest BCUT2D eigenvalue weighted by Gasteiger charge is 2.10. The minimum absolute atomic E-state index is 0.675. The lowest BCUT2D eigenvalue weighted by atomic mass is 10.2. The summed E-state index contributed by atoms with van der Waals surface area (Å²) in [6, 6.07) is 7.54. The number of aromatic nitrogens is 2. The zero-order chi connectivity index (χ0) is 13.1. The van der Waals surface area contributed by atoms with Crippen LogP contribution in [-0.4, -0.2) is 16.5 Å². The van der Waals surface area contributed by atoms with Crippen LogP contribution >= 0.6 is 27.5 Å². The molecule has 94 valence electrons. The summed E-state index contributed by atoms with van der Waals surface area (Å²) in [6.07, 6.45) is 0. The van der Waals surface area contributed by atoms with Crippen LogP contribution in [0.1, 0.15) is 12.6 Å². The Morgan fingerprint density at radius 1 is 1.33 bits per heavy atom. The number of benzene rings is 1. The predicted molar refractivity (Wildman–Crippen MR) is 79.1 cm³/mol. The maximum absolute atomic E-state index is 5.99. The van der Waals surface area contributed by atoms with Crippen molar-refractivity contribution in [1.82, 2.24) is 9.97 Å². The molecule has 0 unspecified atom stereocenters. The Kier molecular flexibility index (Phi) is 4.19. The molecule has 0 aliphatic heterocycles. The fraction of sp³-hybridized carbons (Fsp3) is 0.231. The lowest BCUT2D eigenvalue weighted by molar-refractivity contribution is 1.06. The highest BCUT2D eigenvalue weighted by Crippen LogP contribution is 2.27. The van der Waals surface area contributed by atoms with E-state index >= 15 is 0 Å². The lowest BCUT2D eigenvalue weighted by Crippen LogP contribution is -2.04. The third-order valence-electron chi connectivity index (χ3n) is 2.44. The van der Waals surface area contributed by atoms with Crippen LogP contribution in [0.5, 0.6) is 0 Å². The summed E-state index contributed by atoms with van der Waals surface area (Å²) >= 11 is 9.48. The second-order valence-electron chi connectivity index (χ2n) is 3.84. The monoisotopic (exact) mass is 325 g/mol. The Bertz CT molecular complexity index is 572. The average Bonchev–Trinajstić information content (AvgIpc) is 2.35. The van der Waals surface area contributed by atoms with Crippen LogP contribution in [0.25, 0.3) is 11.4 Å². The molecule has 0 aliphatic carbocycles. The van der Waals surface area contributed by atoms with Gasteiger partial charge in [0.1, 0.15) is 5.82 Å². The minimum Gasteiger partial charge on any atom is -0.369 e. The molecular weight excluding hydrogens is 314 g/mol. The van der Waals surface area contributed by atoms with Crippen molar-refractivity contribution in [3.63, 3.8) is 0 Å². The van der Waals surface area contributed by atoms with Crippen molar-refractivity contribution < 1.29 is 0 Å². The highest BCUT2D eigenvalue weighted by molar-refractivity contribution is 9.10. The lowest BCUT2D eigenvalue weighted by Gasteiger charge is -2.10. The van der Waals surface area contributed by atoms with Crippen LogP contribution in [0.2, 0.25) is 5.02 Å². The Labute approximate surface area is 120 Å². The van der Waals surface area contributed by atoms with Crippen molar-refractivity contribution in [3.8, 4) is 11.4 Å². The van der Waals surface area contributed by atoms with Crippen LogP contribution in [0, 0.1) is 6.92 Å². The molecule has 1 heterocycles. The van der Waals surface area contributed by atoms with Gasteiger partial charge in [0.25, 0.3) is 0 Å². The zero-order valence-corrected chi connectivity index (χ0v) is 12.5. The quantitative estimate of drug-likeness (QED) is 0.914. The summed E-state index contributed by atoms with van der Waals surface area (Å²) in [6.45, 7) is 4.79. The normalized spacial score (nSPS) is 10.4. The van der Waals surface area contributed by atoms with E-state index in [0.29, 0.717) is 10.8 Å². The third kappa shape index (κ3) is 2.82. The molecule has 0 saturated heterocycles. The molecule has 0 atom stereocenters. The molecule has 0 bridgehead atoms. The first-order valence-corrected chi connectivity index (χ1v) is 6.83. The van der Waals surface area contributed by atoms with Gasteiger partial charge in [-0.3, -0.25) is 0 Å². The number of hydrogen-bond acceptors (Lipinski definition) is 3. The van der Waals surface area contributed by atoms with Crippen molar-refractivity contribution in [2.75, 3.05) is 11.9 Å². The number of anilines is 1. The summed E-state index contributed by atoms with van der Waals surface area (Å²) < 4.78 is 0.898. The van der Waals surface area contributed by atoms with Gasteiger partial charge in [0.2, 0.25) is 0 Å². The van der Waals surface area contributed by atoms with Gasteiger partial charge in [0, 0.05) is 17.1 Å². The van der Waals surface area contributed by atoms with E-state index in [0.717, 1.165) is 28.1 Å². The maximum atomic E-state index is 5.99. The molecule has 18 heavy (non-hydrogen) atoms. The zero-order valence-electron chi connectivity index (χ0n) is 10.2.